The monoisotopic (exact) mass is 440 g/mol. The Kier molecular flexibility index (Phi) is 5.62. The number of nitrogens with one attached hydrogen (secondary N) is 1. The Labute approximate surface area is 165 Å². The van der Waals surface area contributed by atoms with Crippen LogP contribution in [0.1, 0.15) is 32.3 Å². The number of ether oxygens (including phenoxy) is 1. The molecule has 1 aromatic carbocycles. The number of esters is 1. The van der Waals surface area contributed by atoms with Crippen molar-refractivity contribution in [1.29, 1.82) is 0 Å². The summed E-state index contributed by atoms with van der Waals surface area (Å²) < 4.78 is 6.14. The van der Waals surface area contributed by atoms with Gasteiger partial charge in [-0.2, -0.15) is 0 Å². The van der Waals surface area contributed by atoms with Crippen LogP contribution in [0.3, 0.4) is 0 Å². The molecule has 0 unspecified atom stereocenters. The van der Waals surface area contributed by atoms with Gasteiger partial charge >= 0.3 is 5.97 Å². The van der Waals surface area contributed by atoms with Crippen molar-refractivity contribution in [2.75, 3.05) is 12.4 Å². The molecule has 8 heteroatoms. The number of nitrogens with zero attached hydrogens (tertiary/aromatic N) is 1. The van der Waals surface area contributed by atoms with E-state index in [1.165, 1.54) is 0 Å². The average molecular weight is 441 g/mol. The topological polar surface area (TPSA) is 75.7 Å². The number of amides is 2. The highest BCUT2D eigenvalue weighted by Crippen LogP contribution is 2.54. The molecule has 6 nitrogen and oxygen atoms in total. The maximum Gasteiger partial charge on any atom is 0.330 e. The minimum absolute atomic E-state index is 0.0200. The number of carbonyl (C=O) groups excluding carboxylic acids is 3. The van der Waals surface area contributed by atoms with Crippen LogP contribution in [0.5, 0.6) is 0 Å². The van der Waals surface area contributed by atoms with E-state index in [0.29, 0.717) is 18.6 Å². The Hall–Kier alpha value is -1.54. The van der Waals surface area contributed by atoms with Crippen molar-refractivity contribution in [3.05, 3.63) is 34.3 Å². The molecule has 0 radical (unpaired) electrons. The third kappa shape index (κ3) is 3.62. The van der Waals surface area contributed by atoms with Gasteiger partial charge in [-0.15, -0.1) is 11.8 Å². The van der Waals surface area contributed by atoms with Crippen LogP contribution in [0.15, 0.2) is 28.7 Å². The van der Waals surface area contributed by atoms with Crippen molar-refractivity contribution in [2.24, 2.45) is 0 Å². The van der Waals surface area contributed by atoms with Gasteiger partial charge in [0.25, 0.3) is 5.91 Å². The molecule has 2 fully saturated rings. The number of carbonyl (C=O) groups is 3. The molecule has 2 saturated heterocycles. The fraction of sp³-hybridized carbons (Fsp3) is 0.500. The first kappa shape index (κ1) is 19.2. The summed E-state index contributed by atoms with van der Waals surface area (Å²) in [5.41, 5.74) is 1.00. The third-order valence-corrected chi connectivity index (χ3v) is 6.61. The second kappa shape index (κ2) is 7.60. The summed E-state index contributed by atoms with van der Waals surface area (Å²) in [6, 6.07) is 7.15. The van der Waals surface area contributed by atoms with Crippen LogP contribution >= 0.6 is 27.7 Å². The number of fused-ring (bicyclic) bond motifs is 1. The molecule has 0 saturated carbocycles. The zero-order valence-electron chi connectivity index (χ0n) is 14.7. The highest BCUT2D eigenvalue weighted by Gasteiger charge is 2.57. The quantitative estimate of drug-likeness (QED) is 0.711. The number of thioether (sulfide) groups is 1. The molecule has 0 spiro atoms. The lowest BCUT2D eigenvalue weighted by atomic mass is 10.0. The van der Waals surface area contributed by atoms with Crippen molar-refractivity contribution in [2.45, 2.75) is 43.6 Å². The van der Waals surface area contributed by atoms with E-state index in [2.05, 4.69) is 21.2 Å². The van der Waals surface area contributed by atoms with Crippen LogP contribution in [0.2, 0.25) is 0 Å². The molecule has 26 heavy (non-hydrogen) atoms. The molecule has 1 aromatic rings. The van der Waals surface area contributed by atoms with E-state index in [0.717, 1.165) is 10.0 Å². The van der Waals surface area contributed by atoms with Gasteiger partial charge in [-0.3, -0.25) is 9.59 Å². The number of hydrogen-bond donors (Lipinski definition) is 1. The van der Waals surface area contributed by atoms with Crippen LogP contribution in [0, 0.1) is 0 Å². The van der Waals surface area contributed by atoms with Gasteiger partial charge in [0, 0.05) is 22.7 Å². The molecule has 1 N–H and O–H groups in total. The summed E-state index contributed by atoms with van der Waals surface area (Å²) in [6.45, 7) is 3.34. The first-order valence-electron chi connectivity index (χ1n) is 8.51. The van der Waals surface area contributed by atoms with E-state index in [9.17, 15) is 14.4 Å². The summed E-state index contributed by atoms with van der Waals surface area (Å²) in [6.07, 6.45) is 1.07. The maximum atomic E-state index is 12.5. The van der Waals surface area contributed by atoms with E-state index >= 15 is 0 Å². The van der Waals surface area contributed by atoms with Gasteiger partial charge in [0.15, 0.2) is 6.61 Å². The average Bonchev–Trinajstić information content (AvgIpc) is 3.12. The largest absolute Gasteiger partial charge is 0.454 e. The normalized spacial score (nSPS) is 24.7. The van der Waals surface area contributed by atoms with Crippen LogP contribution < -0.4 is 5.32 Å². The highest BCUT2D eigenvalue weighted by molar-refractivity contribution is 9.10. The molecular formula is C18H21BrN2O4S. The minimum Gasteiger partial charge on any atom is -0.454 e. The van der Waals surface area contributed by atoms with Crippen LogP contribution in [-0.4, -0.2) is 47.1 Å². The van der Waals surface area contributed by atoms with Crippen LogP contribution in [0.25, 0.3) is 0 Å². The molecule has 2 heterocycles. The second-order valence-corrected chi connectivity index (χ2v) is 8.92. The lowest BCUT2D eigenvalue weighted by molar-refractivity contribution is -0.156. The first-order valence-corrected chi connectivity index (χ1v) is 10.3. The Morgan fingerprint density at radius 3 is 2.73 bits per heavy atom. The van der Waals surface area contributed by atoms with Crippen molar-refractivity contribution in [3.8, 4) is 0 Å². The fourth-order valence-electron chi connectivity index (χ4n) is 3.42. The summed E-state index contributed by atoms with van der Waals surface area (Å²) in [4.78, 5) is 37.9. The molecule has 2 atom stereocenters. The Bertz CT molecular complexity index is 724. The number of rotatable bonds is 5. The van der Waals surface area contributed by atoms with Crippen LogP contribution in [0.4, 0.5) is 0 Å². The molecule has 2 aliphatic heterocycles. The Morgan fingerprint density at radius 1 is 1.38 bits per heavy atom. The molecule has 0 bridgehead atoms. The number of hydrogen-bond acceptors (Lipinski definition) is 5. The standard InChI is InChI=1S/C18H21BrN2O4S/c1-11(2)20-15(22)9-25-17(24)14-10-26-18(8-7-16(23)21(14)18)12-3-5-13(19)6-4-12/h3-6,11,14H,7-10H2,1-2H3,(H,20,22)/t14-,18+/m0/s1. The van der Waals surface area contributed by atoms with Gasteiger partial charge in [-0.05, 0) is 38.0 Å². The smallest absolute Gasteiger partial charge is 0.330 e. The van der Waals surface area contributed by atoms with Gasteiger partial charge in [-0.25, -0.2) is 4.79 Å². The van der Waals surface area contributed by atoms with Crippen molar-refractivity contribution >= 4 is 45.5 Å². The number of halogens is 1. The third-order valence-electron chi connectivity index (χ3n) is 4.49. The Morgan fingerprint density at radius 2 is 2.08 bits per heavy atom. The van der Waals surface area contributed by atoms with Crippen molar-refractivity contribution < 1.29 is 19.1 Å². The van der Waals surface area contributed by atoms with Gasteiger partial charge < -0.3 is 15.0 Å². The maximum absolute atomic E-state index is 12.5. The van der Waals surface area contributed by atoms with Crippen molar-refractivity contribution in [1.82, 2.24) is 10.2 Å². The van der Waals surface area contributed by atoms with E-state index in [1.54, 1.807) is 16.7 Å². The van der Waals surface area contributed by atoms with Gasteiger partial charge in [0.05, 0.1) is 0 Å². The van der Waals surface area contributed by atoms with E-state index in [1.807, 2.05) is 38.1 Å². The van der Waals surface area contributed by atoms with Gasteiger partial charge in [0.1, 0.15) is 10.9 Å². The predicted molar refractivity (Wildman–Crippen MR) is 102 cm³/mol. The lowest BCUT2D eigenvalue weighted by Gasteiger charge is -2.33. The fourth-order valence-corrected chi connectivity index (χ4v) is 5.32. The zero-order chi connectivity index (χ0) is 18.9. The zero-order valence-corrected chi connectivity index (χ0v) is 17.1. The molecular weight excluding hydrogens is 420 g/mol. The van der Waals surface area contributed by atoms with Gasteiger partial charge in [0.2, 0.25) is 5.91 Å². The van der Waals surface area contributed by atoms with Crippen LogP contribution in [-0.2, 0) is 24.0 Å². The first-order chi connectivity index (χ1) is 12.3. The summed E-state index contributed by atoms with van der Waals surface area (Å²) in [7, 11) is 0. The Balaban J connectivity index is 1.74. The predicted octanol–water partition coefficient (Wildman–Crippen LogP) is 2.41. The summed E-state index contributed by atoms with van der Waals surface area (Å²) >= 11 is 5.02. The molecule has 3 rings (SSSR count). The lowest BCUT2D eigenvalue weighted by Crippen LogP contribution is -2.47. The van der Waals surface area contributed by atoms with E-state index < -0.39 is 16.9 Å². The summed E-state index contributed by atoms with van der Waals surface area (Å²) in [5.74, 6) is -0.449. The van der Waals surface area contributed by atoms with Crippen molar-refractivity contribution in [3.63, 3.8) is 0 Å². The second-order valence-electron chi connectivity index (χ2n) is 6.71. The molecule has 2 aliphatic rings. The van der Waals surface area contributed by atoms with E-state index in [-0.39, 0.29) is 24.5 Å². The number of benzene rings is 1. The molecule has 140 valence electrons. The van der Waals surface area contributed by atoms with E-state index in [4.69, 9.17) is 4.74 Å². The molecule has 2 amide bonds. The highest BCUT2D eigenvalue weighted by atomic mass is 79.9. The molecule has 0 aromatic heterocycles. The molecule has 0 aliphatic carbocycles. The van der Waals surface area contributed by atoms with Gasteiger partial charge in [-0.1, -0.05) is 28.1 Å². The summed E-state index contributed by atoms with van der Waals surface area (Å²) in [5, 5.41) is 2.68. The minimum atomic E-state index is -0.662. The SMILES string of the molecule is CC(C)NC(=O)COC(=O)[C@@H]1CS[C@@]2(c3ccc(Br)cc3)CCC(=O)N12.